The number of carbonyl (C=O) groups excluding carboxylic acids is 1. The molecular formula is C13H18FNO2. The SMILES string of the molecule is CCOC(=O)CCNCCc1cccc(F)c1. The normalized spacial score (nSPS) is 10.2. The van der Waals surface area contributed by atoms with E-state index in [1.165, 1.54) is 12.1 Å². The first-order valence-electron chi connectivity index (χ1n) is 5.83. The Hall–Kier alpha value is -1.42. The van der Waals surface area contributed by atoms with Crippen molar-refractivity contribution in [1.82, 2.24) is 5.32 Å². The summed E-state index contributed by atoms with van der Waals surface area (Å²) in [5.74, 6) is -0.403. The molecule has 17 heavy (non-hydrogen) atoms. The summed E-state index contributed by atoms with van der Waals surface area (Å²) in [6.45, 7) is 3.52. The lowest BCUT2D eigenvalue weighted by Gasteiger charge is -2.05. The first kappa shape index (κ1) is 13.6. The first-order valence-corrected chi connectivity index (χ1v) is 5.83. The molecule has 0 aromatic heterocycles. The van der Waals surface area contributed by atoms with Gasteiger partial charge in [0.25, 0.3) is 0 Å². The third kappa shape index (κ3) is 6.02. The van der Waals surface area contributed by atoms with E-state index in [0.717, 1.165) is 18.5 Å². The van der Waals surface area contributed by atoms with Crippen LogP contribution in [0.4, 0.5) is 4.39 Å². The molecule has 0 aliphatic carbocycles. The molecule has 1 aromatic carbocycles. The molecule has 1 aromatic rings. The summed E-state index contributed by atoms with van der Waals surface area (Å²) in [5.41, 5.74) is 0.952. The highest BCUT2D eigenvalue weighted by Crippen LogP contribution is 2.03. The maximum absolute atomic E-state index is 12.9. The Kier molecular flexibility index (Phi) is 6.25. The third-order valence-electron chi connectivity index (χ3n) is 2.29. The van der Waals surface area contributed by atoms with Crippen LogP contribution in [0.1, 0.15) is 18.9 Å². The summed E-state index contributed by atoms with van der Waals surface area (Å²) in [6, 6.07) is 6.53. The monoisotopic (exact) mass is 239 g/mol. The second kappa shape index (κ2) is 7.79. The number of benzene rings is 1. The Morgan fingerprint density at radius 2 is 2.24 bits per heavy atom. The zero-order valence-corrected chi connectivity index (χ0v) is 10.0. The lowest BCUT2D eigenvalue weighted by molar-refractivity contribution is -0.142. The molecule has 0 spiro atoms. The minimum absolute atomic E-state index is 0.189. The minimum atomic E-state index is -0.214. The van der Waals surface area contributed by atoms with Gasteiger partial charge in [0.15, 0.2) is 0 Å². The first-order chi connectivity index (χ1) is 8.22. The molecule has 0 aliphatic heterocycles. The van der Waals surface area contributed by atoms with Crippen molar-refractivity contribution in [2.24, 2.45) is 0 Å². The van der Waals surface area contributed by atoms with Crippen molar-refractivity contribution in [2.75, 3.05) is 19.7 Å². The molecule has 0 aliphatic rings. The van der Waals surface area contributed by atoms with Crippen molar-refractivity contribution < 1.29 is 13.9 Å². The average Bonchev–Trinajstić information content (AvgIpc) is 2.29. The molecule has 0 radical (unpaired) electrons. The lowest BCUT2D eigenvalue weighted by atomic mass is 10.1. The quantitative estimate of drug-likeness (QED) is 0.583. The van der Waals surface area contributed by atoms with E-state index in [2.05, 4.69) is 5.32 Å². The van der Waals surface area contributed by atoms with Gasteiger partial charge in [-0.15, -0.1) is 0 Å². The predicted molar refractivity (Wildman–Crippen MR) is 64.2 cm³/mol. The maximum atomic E-state index is 12.9. The highest BCUT2D eigenvalue weighted by atomic mass is 19.1. The summed E-state index contributed by atoms with van der Waals surface area (Å²) in [4.78, 5) is 11.0. The fraction of sp³-hybridized carbons (Fsp3) is 0.462. The lowest BCUT2D eigenvalue weighted by Crippen LogP contribution is -2.21. The number of carbonyl (C=O) groups is 1. The van der Waals surface area contributed by atoms with E-state index in [9.17, 15) is 9.18 Å². The molecular weight excluding hydrogens is 221 g/mol. The summed E-state index contributed by atoms with van der Waals surface area (Å²) in [5, 5.41) is 3.12. The minimum Gasteiger partial charge on any atom is -0.466 e. The van der Waals surface area contributed by atoms with Crippen molar-refractivity contribution in [3.63, 3.8) is 0 Å². The van der Waals surface area contributed by atoms with Crippen LogP contribution in [0.5, 0.6) is 0 Å². The van der Waals surface area contributed by atoms with E-state index >= 15 is 0 Å². The van der Waals surface area contributed by atoms with E-state index in [4.69, 9.17) is 4.74 Å². The molecule has 0 saturated carbocycles. The van der Waals surface area contributed by atoms with Crippen molar-refractivity contribution >= 4 is 5.97 Å². The molecule has 4 heteroatoms. The van der Waals surface area contributed by atoms with Crippen LogP contribution in [-0.2, 0) is 16.0 Å². The number of esters is 1. The van der Waals surface area contributed by atoms with Gasteiger partial charge in [0.1, 0.15) is 5.82 Å². The van der Waals surface area contributed by atoms with Crippen LogP contribution in [-0.4, -0.2) is 25.7 Å². The number of halogens is 1. The zero-order chi connectivity index (χ0) is 12.5. The van der Waals surface area contributed by atoms with Gasteiger partial charge in [0, 0.05) is 6.54 Å². The average molecular weight is 239 g/mol. The zero-order valence-electron chi connectivity index (χ0n) is 10.0. The van der Waals surface area contributed by atoms with Gasteiger partial charge < -0.3 is 10.1 Å². The van der Waals surface area contributed by atoms with Gasteiger partial charge in [-0.05, 0) is 37.6 Å². The summed E-state index contributed by atoms with van der Waals surface area (Å²) in [7, 11) is 0. The van der Waals surface area contributed by atoms with E-state index < -0.39 is 0 Å². The van der Waals surface area contributed by atoms with Gasteiger partial charge in [-0.2, -0.15) is 0 Å². The fourth-order valence-electron chi connectivity index (χ4n) is 1.47. The van der Waals surface area contributed by atoms with E-state index in [1.807, 2.05) is 6.07 Å². The van der Waals surface area contributed by atoms with Gasteiger partial charge in [0.05, 0.1) is 13.0 Å². The number of ether oxygens (including phenoxy) is 1. The summed E-state index contributed by atoms with van der Waals surface area (Å²) >= 11 is 0. The Morgan fingerprint density at radius 3 is 2.94 bits per heavy atom. The number of hydrogen-bond acceptors (Lipinski definition) is 3. The van der Waals surface area contributed by atoms with Gasteiger partial charge in [-0.1, -0.05) is 12.1 Å². The van der Waals surface area contributed by atoms with Gasteiger partial charge >= 0.3 is 5.97 Å². The van der Waals surface area contributed by atoms with E-state index in [0.29, 0.717) is 19.6 Å². The predicted octanol–water partition coefficient (Wildman–Crippen LogP) is 1.91. The van der Waals surface area contributed by atoms with Gasteiger partial charge in [0.2, 0.25) is 0 Å². The highest BCUT2D eigenvalue weighted by molar-refractivity contribution is 5.69. The van der Waals surface area contributed by atoms with Crippen molar-refractivity contribution in [3.05, 3.63) is 35.6 Å². The van der Waals surface area contributed by atoms with Crippen LogP contribution < -0.4 is 5.32 Å². The van der Waals surface area contributed by atoms with Crippen molar-refractivity contribution in [3.8, 4) is 0 Å². The van der Waals surface area contributed by atoms with E-state index in [-0.39, 0.29) is 11.8 Å². The van der Waals surface area contributed by atoms with Gasteiger partial charge in [-0.3, -0.25) is 4.79 Å². The van der Waals surface area contributed by atoms with Crippen LogP contribution in [0.2, 0.25) is 0 Å². The van der Waals surface area contributed by atoms with Crippen molar-refractivity contribution in [2.45, 2.75) is 19.8 Å². The second-order valence-electron chi connectivity index (χ2n) is 3.68. The molecule has 0 amide bonds. The summed E-state index contributed by atoms with van der Waals surface area (Å²) in [6.07, 6.45) is 1.12. The smallest absolute Gasteiger partial charge is 0.307 e. The second-order valence-corrected chi connectivity index (χ2v) is 3.68. The van der Waals surface area contributed by atoms with Crippen LogP contribution in [0, 0.1) is 5.82 Å². The largest absolute Gasteiger partial charge is 0.466 e. The number of hydrogen-bond donors (Lipinski definition) is 1. The molecule has 0 atom stereocenters. The Morgan fingerprint density at radius 1 is 1.41 bits per heavy atom. The number of nitrogens with one attached hydrogen (secondary N) is 1. The Bertz CT molecular complexity index is 355. The number of rotatable bonds is 7. The molecule has 0 fully saturated rings. The molecule has 3 nitrogen and oxygen atoms in total. The van der Waals surface area contributed by atoms with Gasteiger partial charge in [-0.25, -0.2) is 4.39 Å². The molecule has 1 N–H and O–H groups in total. The maximum Gasteiger partial charge on any atom is 0.307 e. The highest BCUT2D eigenvalue weighted by Gasteiger charge is 2.00. The summed E-state index contributed by atoms with van der Waals surface area (Å²) < 4.78 is 17.6. The van der Waals surface area contributed by atoms with Crippen LogP contribution in [0.15, 0.2) is 24.3 Å². The molecule has 0 heterocycles. The Labute approximate surface area is 101 Å². The molecule has 0 unspecified atom stereocenters. The standard InChI is InChI=1S/C13H18FNO2/c1-2-17-13(16)7-9-15-8-6-11-4-3-5-12(14)10-11/h3-5,10,15H,2,6-9H2,1H3. The fourth-order valence-corrected chi connectivity index (χ4v) is 1.47. The molecule has 0 saturated heterocycles. The van der Waals surface area contributed by atoms with Crippen LogP contribution >= 0.6 is 0 Å². The molecule has 1 rings (SSSR count). The van der Waals surface area contributed by atoms with E-state index in [1.54, 1.807) is 13.0 Å². The molecule has 0 bridgehead atoms. The molecule has 94 valence electrons. The van der Waals surface area contributed by atoms with Crippen molar-refractivity contribution in [1.29, 1.82) is 0 Å². The third-order valence-corrected chi connectivity index (χ3v) is 2.29. The van der Waals surface area contributed by atoms with Crippen LogP contribution in [0.3, 0.4) is 0 Å². The van der Waals surface area contributed by atoms with Crippen LogP contribution in [0.25, 0.3) is 0 Å². The topological polar surface area (TPSA) is 38.3 Å². The Balaban J connectivity index is 2.10.